The third-order valence-corrected chi connectivity index (χ3v) is 3.78. The fourth-order valence-corrected chi connectivity index (χ4v) is 2.86. The summed E-state index contributed by atoms with van der Waals surface area (Å²) in [5.41, 5.74) is 11.7. The van der Waals surface area contributed by atoms with Gasteiger partial charge in [0.05, 0.1) is 18.3 Å². The van der Waals surface area contributed by atoms with Gasteiger partial charge in [0.25, 0.3) is 0 Å². The van der Waals surface area contributed by atoms with Crippen LogP contribution in [0.25, 0.3) is 0 Å². The van der Waals surface area contributed by atoms with Crippen LogP contribution in [-0.2, 0) is 0 Å². The number of aliphatic imine (C=N–C) groups is 1. The van der Waals surface area contributed by atoms with Crippen LogP contribution < -0.4 is 10.6 Å². The lowest BCUT2D eigenvalue weighted by molar-refractivity contribution is 0.757. The molecule has 0 saturated carbocycles. The molecule has 5 heteroatoms. The van der Waals surface area contributed by atoms with Crippen molar-refractivity contribution in [2.45, 2.75) is 26.8 Å². The fraction of sp³-hybridized carbons (Fsp3) is 0.333. The van der Waals surface area contributed by atoms with E-state index in [4.69, 9.17) is 5.73 Å². The molecule has 0 bridgehead atoms. The summed E-state index contributed by atoms with van der Waals surface area (Å²) in [6.45, 7) is 6.80. The van der Waals surface area contributed by atoms with Crippen molar-refractivity contribution in [3.8, 4) is 0 Å². The number of benzene rings is 1. The monoisotopic (exact) mass is 269 g/mol. The first-order valence-corrected chi connectivity index (χ1v) is 6.75. The third kappa shape index (κ3) is 1.95. The van der Waals surface area contributed by atoms with E-state index in [1.165, 1.54) is 11.1 Å². The van der Waals surface area contributed by atoms with Crippen LogP contribution in [0.4, 0.5) is 5.69 Å². The first kappa shape index (κ1) is 12.7. The summed E-state index contributed by atoms with van der Waals surface area (Å²) in [6.07, 6.45) is 0. The van der Waals surface area contributed by atoms with E-state index in [-0.39, 0.29) is 6.04 Å². The van der Waals surface area contributed by atoms with Gasteiger partial charge in [-0.25, -0.2) is 0 Å². The normalized spacial score (nSPS) is 18.4. The lowest BCUT2D eigenvalue weighted by Gasteiger charge is -2.27. The Bertz CT molecular complexity index is 651. The highest BCUT2D eigenvalue weighted by Gasteiger charge is 2.32. The molecule has 1 aromatic heterocycles. The zero-order valence-corrected chi connectivity index (χ0v) is 12.0. The molecule has 104 valence electrons. The molecule has 1 aromatic carbocycles. The van der Waals surface area contributed by atoms with Gasteiger partial charge in [-0.05, 0) is 38.5 Å². The minimum Gasteiger partial charge on any atom is -0.369 e. The molecular formula is C15H19N5. The van der Waals surface area contributed by atoms with Gasteiger partial charge < -0.3 is 10.6 Å². The minimum absolute atomic E-state index is 0.121. The average molecular weight is 269 g/mol. The van der Waals surface area contributed by atoms with E-state index in [2.05, 4.69) is 45.2 Å². The lowest BCUT2D eigenvalue weighted by Crippen LogP contribution is -2.36. The highest BCUT2D eigenvalue weighted by molar-refractivity contribution is 5.97. The number of hydrogen-bond donors (Lipinski definition) is 2. The molecule has 1 aliphatic heterocycles. The van der Waals surface area contributed by atoms with E-state index in [1.54, 1.807) is 0 Å². The maximum absolute atomic E-state index is 6.10. The molecule has 1 atom stereocenters. The van der Waals surface area contributed by atoms with Crippen molar-refractivity contribution < 1.29 is 0 Å². The molecule has 0 aliphatic carbocycles. The van der Waals surface area contributed by atoms with Gasteiger partial charge in [-0.15, -0.1) is 0 Å². The molecule has 0 radical (unpaired) electrons. The van der Waals surface area contributed by atoms with E-state index < -0.39 is 0 Å². The first-order chi connectivity index (χ1) is 9.58. The Morgan fingerprint density at radius 2 is 2.10 bits per heavy atom. The quantitative estimate of drug-likeness (QED) is 0.878. The Hall–Kier alpha value is -2.30. The predicted octanol–water partition coefficient (Wildman–Crippen LogP) is 2.21. The highest BCUT2D eigenvalue weighted by atomic mass is 15.3. The predicted molar refractivity (Wildman–Crippen MR) is 81.0 cm³/mol. The van der Waals surface area contributed by atoms with Crippen molar-refractivity contribution in [2.24, 2.45) is 10.7 Å². The topological polar surface area (TPSA) is 70.3 Å². The molecule has 1 unspecified atom stereocenters. The van der Waals surface area contributed by atoms with Gasteiger partial charge >= 0.3 is 0 Å². The molecule has 3 N–H and O–H groups in total. The number of aromatic nitrogens is 2. The smallest absolute Gasteiger partial charge is 0.196 e. The van der Waals surface area contributed by atoms with E-state index in [0.717, 1.165) is 17.1 Å². The summed E-state index contributed by atoms with van der Waals surface area (Å²) in [7, 11) is 0. The van der Waals surface area contributed by atoms with Gasteiger partial charge in [-0.1, -0.05) is 12.1 Å². The summed E-state index contributed by atoms with van der Waals surface area (Å²) >= 11 is 0. The Kier molecular flexibility index (Phi) is 2.97. The zero-order chi connectivity index (χ0) is 14.3. The lowest BCUT2D eigenvalue weighted by atomic mass is 10.0. The number of anilines is 1. The van der Waals surface area contributed by atoms with Crippen LogP contribution in [0.3, 0.4) is 0 Å². The standard InChI is InChI=1S/C15H19N5/c1-9-5-4-6-12(7-9)20-13(8-17-15(20)16)14-10(2)18-19-11(14)3/h4-7,13H,8H2,1-3H3,(H2,16,17)(H,18,19). The molecule has 20 heavy (non-hydrogen) atoms. The minimum atomic E-state index is 0.121. The van der Waals surface area contributed by atoms with E-state index in [0.29, 0.717) is 12.5 Å². The van der Waals surface area contributed by atoms with Crippen LogP contribution in [0.15, 0.2) is 29.3 Å². The van der Waals surface area contributed by atoms with E-state index in [9.17, 15) is 0 Å². The first-order valence-electron chi connectivity index (χ1n) is 6.75. The molecule has 1 aliphatic rings. The zero-order valence-electron chi connectivity index (χ0n) is 12.0. The van der Waals surface area contributed by atoms with E-state index >= 15 is 0 Å². The molecule has 2 heterocycles. The van der Waals surface area contributed by atoms with Crippen molar-refractivity contribution in [1.29, 1.82) is 0 Å². The molecule has 0 saturated heterocycles. The van der Waals surface area contributed by atoms with Crippen LogP contribution in [0.1, 0.15) is 28.6 Å². The Morgan fingerprint density at radius 3 is 2.75 bits per heavy atom. The van der Waals surface area contributed by atoms with Crippen molar-refractivity contribution in [3.63, 3.8) is 0 Å². The number of H-pyrrole nitrogens is 1. The number of nitrogens with one attached hydrogen (secondary N) is 1. The second-order valence-electron chi connectivity index (χ2n) is 5.27. The Labute approximate surface area is 118 Å². The number of aromatic amines is 1. The maximum atomic E-state index is 6.10. The Morgan fingerprint density at radius 1 is 1.30 bits per heavy atom. The van der Waals surface area contributed by atoms with Crippen LogP contribution in [-0.4, -0.2) is 22.7 Å². The number of nitrogens with zero attached hydrogens (tertiary/aromatic N) is 3. The molecule has 0 fully saturated rings. The van der Waals surface area contributed by atoms with Gasteiger partial charge in [0, 0.05) is 16.9 Å². The maximum Gasteiger partial charge on any atom is 0.196 e. The second-order valence-corrected chi connectivity index (χ2v) is 5.27. The van der Waals surface area contributed by atoms with Crippen molar-refractivity contribution >= 4 is 11.6 Å². The average Bonchev–Trinajstić information content (AvgIpc) is 2.93. The van der Waals surface area contributed by atoms with Crippen molar-refractivity contribution in [3.05, 3.63) is 46.8 Å². The fourth-order valence-electron chi connectivity index (χ4n) is 2.86. The van der Waals surface area contributed by atoms with Gasteiger partial charge in [0.2, 0.25) is 0 Å². The molecule has 0 amide bonds. The van der Waals surface area contributed by atoms with Gasteiger partial charge in [-0.3, -0.25) is 10.1 Å². The van der Waals surface area contributed by atoms with Crippen molar-refractivity contribution in [1.82, 2.24) is 10.2 Å². The third-order valence-electron chi connectivity index (χ3n) is 3.78. The highest BCUT2D eigenvalue weighted by Crippen LogP contribution is 2.33. The SMILES string of the molecule is Cc1cccc(N2C(N)=NCC2c2c(C)n[nH]c2C)c1. The summed E-state index contributed by atoms with van der Waals surface area (Å²) in [5.74, 6) is 0.570. The summed E-state index contributed by atoms with van der Waals surface area (Å²) in [4.78, 5) is 6.52. The van der Waals surface area contributed by atoms with E-state index in [1.807, 2.05) is 19.9 Å². The van der Waals surface area contributed by atoms with Gasteiger partial charge in [-0.2, -0.15) is 5.10 Å². The number of guanidine groups is 1. The number of hydrogen-bond acceptors (Lipinski definition) is 4. The van der Waals surface area contributed by atoms with Crippen LogP contribution in [0.5, 0.6) is 0 Å². The molecule has 0 spiro atoms. The summed E-state index contributed by atoms with van der Waals surface area (Å²) in [6, 6.07) is 8.44. The molecular weight excluding hydrogens is 250 g/mol. The van der Waals surface area contributed by atoms with Crippen molar-refractivity contribution in [2.75, 3.05) is 11.4 Å². The second kappa shape index (κ2) is 4.67. The van der Waals surface area contributed by atoms with Crippen LogP contribution in [0, 0.1) is 20.8 Å². The summed E-state index contributed by atoms with van der Waals surface area (Å²) < 4.78 is 0. The Balaban J connectivity index is 2.05. The largest absolute Gasteiger partial charge is 0.369 e. The number of nitrogens with two attached hydrogens (primary N) is 1. The van der Waals surface area contributed by atoms with Crippen LogP contribution >= 0.6 is 0 Å². The molecule has 5 nitrogen and oxygen atoms in total. The number of aryl methyl sites for hydroxylation is 3. The molecule has 3 rings (SSSR count). The summed E-state index contributed by atoms with van der Waals surface area (Å²) in [5, 5.41) is 7.33. The van der Waals surface area contributed by atoms with Gasteiger partial charge in [0.15, 0.2) is 5.96 Å². The van der Waals surface area contributed by atoms with Gasteiger partial charge in [0.1, 0.15) is 0 Å². The van der Waals surface area contributed by atoms with Crippen LogP contribution in [0.2, 0.25) is 0 Å². The molecule has 2 aromatic rings. The number of rotatable bonds is 2.